The topological polar surface area (TPSA) is 102 Å². The highest BCUT2D eigenvalue weighted by molar-refractivity contribution is 5.75. The first-order valence-corrected chi connectivity index (χ1v) is 11.3. The number of hydrogen-bond donors (Lipinski definition) is 2. The second-order valence-electron chi connectivity index (χ2n) is 9.41. The minimum atomic E-state index is -0.488. The van der Waals surface area contributed by atoms with Crippen LogP contribution in [0.1, 0.15) is 59.8 Å². The Hall–Kier alpha value is -1.38. The predicted molar refractivity (Wildman–Crippen MR) is 111 cm³/mol. The first kappa shape index (κ1) is 23.3. The summed E-state index contributed by atoms with van der Waals surface area (Å²) in [6, 6.07) is 0. The fraction of sp³-hybridized carbons (Fsp3) is 0.909. The number of ether oxygens (including phenoxy) is 4. The van der Waals surface area contributed by atoms with E-state index in [-0.39, 0.29) is 41.3 Å². The summed E-state index contributed by atoms with van der Waals surface area (Å²) in [5, 5.41) is 5.43. The van der Waals surface area contributed by atoms with Gasteiger partial charge in [0.25, 0.3) is 0 Å². The van der Waals surface area contributed by atoms with E-state index in [1.54, 1.807) is 14.0 Å². The lowest BCUT2D eigenvalue weighted by Gasteiger charge is -2.42. The molecule has 3 unspecified atom stereocenters. The van der Waals surface area contributed by atoms with Gasteiger partial charge in [-0.05, 0) is 38.5 Å². The molecule has 0 aromatic heterocycles. The molecule has 8 nitrogen and oxygen atoms in total. The van der Waals surface area contributed by atoms with Crippen LogP contribution in [0.25, 0.3) is 0 Å². The highest BCUT2D eigenvalue weighted by Gasteiger charge is 2.72. The molecule has 2 heterocycles. The Labute approximate surface area is 179 Å². The lowest BCUT2D eigenvalue weighted by atomic mass is 9.68. The monoisotopic (exact) mass is 426 g/mol. The summed E-state index contributed by atoms with van der Waals surface area (Å²) < 4.78 is 23.8. The number of amides is 2. The second-order valence-corrected chi connectivity index (χ2v) is 9.41. The summed E-state index contributed by atoms with van der Waals surface area (Å²) in [5.74, 6) is 0.623. The summed E-state index contributed by atoms with van der Waals surface area (Å²) in [5.41, 5.74) is -0.530. The van der Waals surface area contributed by atoms with E-state index in [2.05, 4.69) is 31.4 Å². The van der Waals surface area contributed by atoms with Crippen LogP contribution >= 0.6 is 0 Å². The van der Waals surface area contributed by atoms with Crippen molar-refractivity contribution in [2.75, 3.05) is 26.8 Å². The average Bonchev–Trinajstić information content (AvgIpc) is 3.62. The van der Waals surface area contributed by atoms with Crippen LogP contribution < -0.4 is 10.6 Å². The van der Waals surface area contributed by atoms with Crippen molar-refractivity contribution in [3.8, 4) is 0 Å². The zero-order valence-electron chi connectivity index (χ0n) is 19.0. The number of methoxy groups -OCH3 is 1. The van der Waals surface area contributed by atoms with Gasteiger partial charge in [-0.2, -0.15) is 0 Å². The van der Waals surface area contributed by atoms with Crippen molar-refractivity contribution in [3.05, 3.63) is 0 Å². The minimum absolute atomic E-state index is 0.0301. The van der Waals surface area contributed by atoms with Crippen molar-refractivity contribution in [1.29, 1.82) is 0 Å². The minimum Gasteiger partial charge on any atom is -0.443 e. The van der Waals surface area contributed by atoms with Gasteiger partial charge in [-0.3, -0.25) is 4.79 Å². The van der Waals surface area contributed by atoms with Crippen LogP contribution in [0.4, 0.5) is 4.79 Å². The number of rotatable bonds is 10. The molecule has 2 amide bonds. The smallest absolute Gasteiger partial charge is 0.407 e. The number of epoxide rings is 2. The Morgan fingerprint density at radius 3 is 2.53 bits per heavy atom. The average molecular weight is 427 g/mol. The molecule has 1 saturated carbocycles. The molecule has 2 N–H and O–H groups in total. The second kappa shape index (κ2) is 9.40. The van der Waals surface area contributed by atoms with Gasteiger partial charge < -0.3 is 29.6 Å². The number of alkyl carbamates (subject to hydrolysis) is 1. The molecule has 0 aromatic rings. The molecule has 3 fully saturated rings. The van der Waals surface area contributed by atoms with Crippen LogP contribution in [0.2, 0.25) is 0 Å². The van der Waals surface area contributed by atoms with E-state index in [1.807, 2.05) is 0 Å². The Morgan fingerprint density at radius 1 is 1.23 bits per heavy atom. The lowest BCUT2D eigenvalue weighted by Crippen LogP contribution is -2.56. The number of nitrogens with one attached hydrogen (secondary N) is 2. The van der Waals surface area contributed by atoms with Gasteiger partial charge in [0.1, 0.15) is 23.4 Å². The highest BCUT2D eigenvalue weighted by atomic mass is 16.6. The van der Waals surface area contributed by atoms with Crippen molar-refractivity contribution in [1.82, 2.24) is 10.6 Å². The molecule has 2 aliphatic heterocycles. The summed E-state index contributed by atoms with van der Waals surface area (Å²) >= 11 is 0. The molecule has 1 spiro atoms. The lowest BCUT2D eigenvalue weighted by molar-refractivity contribution is -0.120. The van der Waals surface area contributed by atoms with Crippen molar-refractivity contribution < 1.29 is 28.5 Å². The maximum atomic E-state index is 12.3. The van der Waals surface area contributed by atoms with Gasteiger partial charge in [0.05, 0.1) is 18.6 Å². The van der Waals surface area contributed by atoms with Crippen LogP contribution in [-0.4, -0.2) is 68.3 Å². The van der Waals surface area contributed by atoms with Gasteiger partial charge in [-0.1, -0.05) is 20.8 Å². The zero-order chi connectivity index (χ0) is 21.9. The molecule has 8 heteroatoms. The zero-order valence-corrected chi connectivity index (χ0v) is 19.0. The third-order valence-corrected chi connectivity index (χ3v) is 6.80. The fourth-order valence-corrected chi connectivity index (χ4v) is 4.95. The molecule has 0 aromatic carbocycles. The maximum absolute atomic E-state index is 12.3. The van der Waals surface area contributed by atoms with Crippen molar-refractivity contribution in [2.45, 2.75) is 89.3 Å². The first-order valence-electron chi connectivity index (χ1n) is 11.3. The summed E-state index contributed by atoms with van der Waals surface area (Å²) in [6.45, 7) is 9.79. The third kappa shape index (κ3) is 5.08. The summed E-state index contributed by atoms with van der Waals surface area (Å²) in [7, 11) is 1.67. The predicted octanol–water partition coefficient (Wildman–Crippen LogP) is 2.40. The van der Waals surface area contributed by atoms with Gasteiger partial charge in [0.2, 0.25) is 5.91 Å². The van der Waals surface area contributed by atoms with Crippen LogP contribution in [0.5, 0.6) is 0 Å². The molecule has 6 atom stereocenters. The summed E-state index contributed by atoms with van der Waals surface area (Å²) in [4.78, 5) is 23.6. The van der Waals surface area contributed by atoms with E-state index in [0.717, 1.165) is 19.3 Å². The number of hydrogen-bond acceptors (Lipinski definition) is 6. The fourth-order valence-electron chi connectivity index (χ4n) is 4.95. The molecule has 3 aliphatic rings. The highest BCUT2D eigenvalue weighted by Crippen LogP contribution is 2.59. The van der Waals surface area contributed by atoms with Crippen molar-refractivity contribution >= 4 is 12.0 Å². The van der Waals surface area contributed by atoms with Crippen LogP contribution in [0, 0.1) is 11.8 Å². The van der Waals surface area contributed by atoms with Crippen molar-refractivity contribution in [2.24, 2.45) is 11.8 Å². The number of carbonyl (C=O) groups excluding carboxylic acids is 2. The van der Waals surface area contributed by atoms with Gasteiger partial charge >= 0.3 is 6.09 Å². The van der Waals surface area contributed by atoms with Crippen LogP contribution in [0.15, 0.2) is 0 Å². The van der Waals surface area contributed by atoms with E-state index in [0.29, 0.717) is 38.5 Å². The Bertz CT molecular complexity index is 623. The molecule has 2 saturated heterocycles. The molecule has 30 heavy (non-hydrogen) atoms. The normalized spacial score (nSPS) is 37.1. The van der Waals surface area contributed by atoms with Gasteiger partial charge in [0.15, 0.2) is 0 Å². The Kier molecular flexibility index (Phi) is 7.30. The molecule has 172 valence electrons. The molecule has 0 radical (unpaired) electrons. The van der Waals surface area contributed by atoms with E-state index < -0.39 is 6.09 Å². The standard InChI is InChI=1S/C22H38N2O6/c1-6-17(25)23-11-12-24-20(26)29-15-9-10-22(13-28-22)19(18(15)27-5)21(4)16(30-21)8-7-14(2)3/h14-16,18-19H,6-13H2,1-5H3,(H,23,25)(H,24,26)/t15?,16-,18?,19?,21-,22+/m1/s1. The van der Waals surface area contributed by atoms with E-state index in [1.165, 1.54) is 0 Å². The van der Waals surface area contributed by atoms with Gasteiger partial charge in [0, 0.05) is 26.6 Å². The molecular formula is C22H38N2O6. The molecule has 3 rings (SSSR count). The first-order chi connectivity index (χ1) is 14.3. The molecule has 0 bridgehead atoms. The molecule has 1 aliphatic carbocycles. The SMILES string of the molecule is CCC(=O)NCCNC(=O)OC1CC[C@]2(CO2)C([C@]2(C)O[C@@H]2CCC(C)C)C1OC. The van der Waals surface area contributed by atoms with Gasteiger partial charge in [-0.15, -0.1) is 0 Å². The van der Waals surface area contributed by atoms with Crippen molar-refractivity contribution in [3.63, 3.8) is 0 Å². The summed E-state index contributed by atoms with van der Waals surface area (Å²) in [6.07, 6.45) is 3.16. The third-order valence-electron chi connectivity index (χ3n) is 6.80. The van der Waals surface area contributed by atoms with Gasteiger partial charge in [-0.25, -0.2) is 4.79 Å². The Morgan fingerprint density at radius 2 is 1.93 bits per heavy atom. The van der Waals surface area contributed by atoms with E-state index in [4.69, 9.17) is 18.9 Å². The van der Waals surface area contributed by atoms with Crippen LogP contribution in [-0.2, 0) is 23.7 Å². The quantitative estimate of drug-likeness (QED) is 0.411. The maximum Gasteiger partial charge on any atom is 0.407 e. The Balaban J connectivity index is 1.57. The van der Waals surface area contributed by atoms with E-state index in [9.17, 15) is 9.59 Å². The number of carbonyl (C=O) groups is 2. The largest absolute Gasteiger partial charge is 0.443 e. The van der Waals surface area contributed by atoms with E-state index >= 15 is 0 Å². The molecular weight excluding hydrogens is 388 g/mol. The van der Waals surface area contributed by atoms with Crippen LogP contribution in [0.3, 0.4) is 0 Å².